The molecule has 0 aliphatic rings. The number of hydrogen-bond donors (Lipinski definition) is 3. The van der Waals surface area contributed by atoms with Crippen molar-refractivity contribution in [3.05, 3.63) is 34.5 Å². The van der Waals surface area contributed by atoms with Crippen molar-refractivity contribution < 1.29 is 5.11 Å². The van der Waals surface area contributed by atoms with Gasteiger partial charge in [-0.3, -0.25) is 0 Å². The number of rotatable bonds is 1. The molecule has 0 spiro atoms. The Morgan fingerprint density at radius 2 is 2.18 bits per heavy atom. The summed E-state index contributed by atoms with van der Waals surface area (Å²) in [6, 6.07) is 6.67. The third-order valence-electron chi connectivity index (χ3n) is 2.61. The van der Waals surface area contributed by atoms with E-state index in [1.165, 1.54) is 12.1 Å². The number of nitrogens with two attached hydrogens (primary N) is 1. The first kappa shape index (κ1) is 11.4. The summed E-state index contributed by atoms with van der Waals surface area (Å²) < 4.78 is 0. The van der Waals surface area contributed by atoms with Gasteiger partial charge >= 0.3 is 0 Å². The van der Waals surface area contributed by atoms with Gasteiger partial charge in [-0.2, -0.15) is 5.26 Å². The highest BCUT2D eigenvalue weighted by atomic mass is 35.5. The van der Waals surface area contributed by atoms with E-state index in [4.69, 9.17) is 22.6 Å². The summed E-state index contributed by atoms with van der Waals surface area (Å²) in [5.41, 5.74) is 8.39. The second-order valence-corrected chi connectivity index (χ2v) is 4.10. The fourth-order valence-corrected chi connectivity index (χ4v) is 2.05. The van der Waals surface area contributed by atoms with Gasteiger partial charge in [0.15, 0.2) is 0 Å². The van der Waals surface area contributed by atoms with Gasteiger partial charge in [-0.05, 0) is 30.7 Å². The predicted octanol–water partition coefficient (Wildman–Crippen LogP) is 2.80. The average Bonchev–Trinajstić information content (AvgIpc) is 2.55. The molecule has 0 aliphatic heterocycles. The highest BCUT2D eigenvalue weighted by molar-refractivity contribution is 6.33. The summed E-state index contributed by atoms with van der Waals surface area (Å²) in [4.78, 5) is 2.80. The number of H-pyrrole nitrogens is 1. The minimum absolute atomic E-state index is 0.0889. The fraction of sp³-hybridized carbons (Fsp3) is 0.0833. The summed E-state index contributed by atoms with van der Waals surface area (Å²) >= 11 is 6.05. The molecule has 86 valence electrons. The zero-order valence-electron chi connectivity index (χ0n) is 9.08. The third-order valence-corrected chi connectivity index (χ3v) is 2.93. The van der Waals surface area contributed by atoms with Crippen molar-refractivity contribution in [2.75, 3.05) is 5.73 Å². The van der Waals surface area contributed by atoms with Gasteiger partial charge in [0, 0.05) is 11.1 Å². The van der Waals surface area contributed by atoms with Gasteiger partial charge in [0.1, 0.15) is 23.3 Å². The van der Waals surface area contributed by atoms with E-state index < -0.39 is 0 Å². The number of aromatic nitrogens is 1. The highest BCUT2D eigenvalue weighted by Gasteiger charge is 2.16. The maximum atomic E-state index is 9.30. The normalized spacial score (nSPS) is 10.2. The molecular weight excluding hydrogens is 238 g/mol. The number of anilines is 1. The van der Waals surface area contributed by atoms with E-state index >= 15 is 0 Å². The van der Waals surface area contributed by atoms with Crippen molar-refractivity contribution >= 4 is 17.4 Å². The first-order valence-electron chi connectivity index (χ1n) is 4.91. The molecule has 0 amide bonds. The zero-order valence-corrected chi connectivity index (χ0v) is 9.84. The van der Waals surface area contributed by atoms with Gasteiger partial charge in [-0.1, -0.05) is 11.6 Å². The summed E-state index contributed by atoms with van der Waals surface area (Å²) in [5.74, 6) is 0.484. The van der Waals surface area contributed by atoms with Crippen LogP contribution in [0.2, 0.25) is 5.02 Å². The van der Waals surface area contributed by atoms with E-state index in [1.807, 2.05) is 6.07 Å². The number of phenols is 1. The fourth-order valence-electron chi connectivity index (χ4n) is 1.78. The first-order valence-corrected chi connectivity index (χ1v) is 5.29. The van der Waals surface area contributed by atoms with Gasteiger partial charge in [-0.25, -0.2) is 0 Å². The molecule has 0 unspecified atom stereocenters. The molecule has 1 aromatic carbocycles. The van der Waals surface area contributed by atoms with Crippen LogP contribution in [0.4, 0.5) is 5.82 Å². The van der Waals surface area contributed by atoms with Crippen LogP contribution >= 0.6 is 11.6 Å². The minimum atomic E-state index is 0.0889. The molecule has 0 bridgehead atoms. The lowest BCUT2D eigenvalue weighted by atomic mass is 10.0. The van der Waals surface area contributed by atoms with Crippen LogP contribution < -0.4 is 5.73 Å². The summed E-state index contributed by atoms with van der Waals surface area (Å²) in [6.07, 6.45) is 0. The topological polar surface area (TPSA) is 85.8 Å². The van der Waals surface area contributed by atoms with Crippen LogP contribution in [-0.2, 0) is 0 Å². The first-order chi connectivity index (χ1) is 8.04. The SMILES string of the molecule is Cc1c(C#N)[nH]c(N)c1-c1ccc(O)cc1Cl. The number of aromatic hydroxyl groups is 1. The number of phenolic OH excluding ortho intramolecular Hbond substituents is 1. The Kier molecular flexibility index (Phi) is 2.70. The van der Waals surface area contributed by atoms with Crippen LogP contribution in [0.15, 0.2) is 18.2 Å². The Morgan fingerprint density at radius 1 is 1.47 bits per heavy atom. The van der Waals surface area contributed by atoms with Crippen molar-refractivity contribution in [3.63, 3.8) is 0 Å². The van der Waals surface area contributed by atoms with Gasteiger partial charge in [-0.15, -0.1) is 0 Å². The number of halogens is 1. The lowest BCUT2D eigenvalue weighted by molar-refractivity contribution is 0.475. The van der Waals surface area contributed by atoms with Crippen LogP contribution in [-0.4, -0.2) is 10.1 Å². The molecule has 0 radical (unpaired) electrons. The van der Waals surface area contributed by atoms with Crippen LogP contribution in [0.1, 0.15) is 11.3 Å². The monoisotopic (exact) mass is 247 g/mol. The molecule has 2 aromatic rings. The number of nitriles is 1. The van der Waals surface area contributed by atoms with Gasteiger partial charge in [0.05, 0.1) is 5.02 Å². The van der Waals surface area contributed by atoms with E-state index in [0.29, 0.717) is 27.7 Å². The van der Waals surface area contributed by atoms with Crippen LogP contribution in [0.3, 0.4) is 0 Å². The second-order valence-electron chi connectivity index (χ2n) is 3.69. The van der Waals surface area contributed by atoms with Crippen molar-refractivity contribution in [3.8, 4) is 22.9 Å². The maximum absolute atomic E-state index is 9.30. The lowest BCUT2D eigenvalue weighted by Gasteiger charge is -2.05. The highest BCUT2D eigenvalue weighted by Crippen LogP contribution is 2.37. The Hall–Kier alpha value is -2.12. The molecule has 1 aromatic heterocycles. The lowest BCUT2D eigenvalue weighted by Crippen LogP contribution is -1.89. The Morgan fingerprint density at radius 3 is 2.71 bits per heavy atom. The quantitative estimate of drug-likeness (QED) is 0.724. The molecule has 0 saturated heterocycles. The maximum Gasteiger partial charge on any atom is 0.122 e. The number of hydrogen-bond acceptors (Lipinski definition) is 3. The molecule has 5 heteroatoms. The molecule has 0 fully saturated rings. The van der Waals surface area contributed by atoms with Crippen molar-refractivity contribution in [2.24, 2.45) is 0 Å². The number of nitrogens with zero attached hydrogens (tertiary/aromatic N) is 1. The van der Waals surface area contributed by atoms with Crippen LogP contribution in [0.25, 0.3) is 11.1 Å². The molecule has 0 aliphatic carbocycles. The van der Waals surface area contributed by atoms with Gasteiger partial charge in [0.2, 0.25) is 0 Å². The van der Waals surface area contributed by atoms with Crippen LogP contribution in [0.5, 0.6) is 5.75 Å². The Labute approximate surface area is 103 Å². The van der Waals surface area contributed by atoms with Gasteiger partial charge < -0.3 is 15.8 Å². The molecule has 17 heavy (non-hydrogen) atoms. The smallest absolute Gasteiger partial charge is 0.122 e. The van der Waals surface area contributed by atoms with E-state index in [0.717, 1.165) is 5.56 Å². The molecule has 4 N–H and O–H groups in total. The van der Waals surface area contributed by atoms with Crippen molar-refractivity contribution in [1.82, 2.24) is 4.98 Å². The predicted molar refractivity (Wildman–Crippen MR) is 66.8 cm³/mol. The number of nitrogens with one attached hydrogen (secondary N) is 1. The minimum Gasteiger partial charge on any atom is -0.508 e. The Balaban J connectivity index is 2.69. The number of aromatic amines is 1. The molecular formula is C12H10ClN3O. The summed E-state index contributed by atoms with van der Waals surface area (Å²) in [5, 5.41) is 18.6. The largest absolute Gasteiger partial charge is 0.508 e. The van der Waals surface area contributed by atoms with E-state index in [1.54, 1.807) is 13.0 Å². The zero-order chi connectivity index (χ0) is 12.6. The van der Waals surface area contributed by atoms with Gasteiger partial charge in [0.25, 0.3) is 0 Å². The number of benzene rings is 1. The van der Waals surface area contributed by atoms with E-state index in [2.05, 4.69) is 4.98 Å². The van der Waals surface area contributed by atoms with Crippen molar-refractivity contribution in [2.45, 2.75) is 6.92 Å². The Bertz CT molecular complexity index is 625. The molecule has 0 saturated carbocycles. The molecule has 2 rings (SSSR count). The molecule has 4 nitrogen and oxygen atoms in total. The summed E-state index contributed by atoms with van der Waals surface area (Å²) in [7, 11) is 0. The average molecular weight is 248 g/mol. The van der Waals surface area contributed by atoms with Crippen LogP contribution in [0, 0.1) is 18.3 Å². The third kappa shape index (κ3) is 1.81. The van der Waals surface area contributed by atoms with E-state index in [-0.39, 0.29) is 5.75 Å². The molecule has 1 heterocycles. The summed E-state index contributed by atoms with van der Waals surface area (Å²) in [6.45, 7) is 1.80. The van der Waals surface area contributed by atoms with Crippen molar-refractivity contribution in [1.29, 1.82) is 5.26 Å². The number of nitrogen functional groups attached to an aromatic ring is 1. The van der Waals surface area contributed by atoms with E-state index in [9.17, 15) is 5.11 Å². The molecule has 0 atom stereocenters. The standard InChI is InChI=1S/C12H10ClN3O/c1-6-10(5-14)16-12(15)11(6)8-3-2-7(17)4-9(8)13/h2-4,16-17H,15H2,1H3. The second kappa shape index (κ2) is 4.04.